The second kappa shape index (κ2) is 20.2. The van der Waals surface area contributed by atoms with Gasteiger partial charge in [0.05, 0.1) is 16.4 Å². The number of allylic oxidation sites excluding steroid dienone is 1. The van der Waals surface area contributed by atoms with Gasteiger partial charge in [0.2, 0.25) is 5.91 Å². The van der Waals surface area contributed by atoms with Crippen molar-refractivity contribution in [1.82, 2.24) is 4.90 Å². The zero-order valence-corrected chi connectivity index (χ0v) is 33.7. The number of amides is 1. The van der Waals surface area contributed by atoms with Crippen molar-refractivity contribution in [3.05, 3.63) is 143 Å². The van der Waals surface area contributed by atoms with E-state index >= 15 is 4.79 Å². The van der Waals surface area contributed by atoms with Crippen molar-refractivity contribution in [3.8, 4) is 0 Å². The van der Waals surface area contributed by atoms with Crippen molar-refractivity contribution in [2.24, 2.45) is 16.1 Å². The summed E-state index contributed by atoms with van der Waals surface area (Å²) in [5.74, 6) is -4.39. The van der Waals surface area contributed by atoms with E-state index in [4.69, 9.17) is 24.1 Å². The number of thioether (sulfide) groups is 1. The first kappa shape index (κ1) is 42.9. The summed E-state index contributed by atoms with van der Waals surface area (Å²) >= 11 is 1.27. The normalized spacial score (nSPS) is 17.8. The fourth-order valence-corrected chi connectivity index (χ4v) is 8.29. The minimum Gasteiger partial charge on any atom is -0.462 e. The summed E-state index contributed by atoms with van der Waals surface area (Å²) in [5.41, 5.74) is 3.03. The Labute approximate surface area is 341 Å². The molecule has 14 heteroatoms. The lowest BCUT2D eigenvalue weighted by Crippen LogP contribution is -2.50. The molecule has 0 fully saturated rings. The van der Waals surface area contributed by atoms with Crippen molar-refractivity contribution in [1.29, 1.82) is 0 Å². The molecule has 0 saturated carbocycles. The molecule has 1 aliphatic heterocycles. The Kier molecular flexibility index (Phi) is 14.9. The third-order valence-electron chi connectivity index (χ3n) is 9.10. The van der Waals surface area contributed by atoms with Crippen LogP contribution in [0.15, 0.2) is 142 Å². The fraction of sp³-hybridized carbons (Fsp3) is 0.295. The number of rotatable bonds is 17. The van der Waals surface area contributed by atoms with E-state index in [0.29, 0.717) is 34.2 Å². The van der Waals surface area contributed by atoms with Gasteiger partial charge in [-0.1, -0.05) is 109 Å². The first-order valence-electron chi connectivity index (χ1n) is 18.6. The van der Waals surface area contributed by atoms with E-state index in [1.54, 1.807) is 36.4 Å². The minimum absolute atomic E-state index is 0.217. The Morgan fingerprint density at radius 2 is 1.22 bits per heavy atom. The van der Waals surface area contributed by atoms with Crippen molar-refractivity contribution in [3.63, 3.8) is 0 Å². The number of hydrogen-bond acceptors (Lipinski definition) is 13. The van der Waals surface area contributed by atoms with Gasteiger partial charge in [0, 0.05) is 52.9 Å². The maximum Gasteiger partial charge on any atom is 0.303 e. The first-order valence-corrected chi connectivity index (χ1v) is 19.4. The van der Waals surface area contributed by atoms with Gasteiger partial charge in [-0.05, 0) is 41.8 Å². The summed E-state index contributed by atoms with van der Waals surface area (Å²) in [6.07, 6.45) is -4.52. The predicted molar refractivity (Wildman–Crippen MR) is 218 cm³/mol. The van der Waals surface area contributed by atoms with Gasteiger partial charge >= 0.3 is 23.9 Å². The first-order chi connectivity index (χ1) is 27.9. The number of esters is 4. The number of benzene rings is 4. The molecule has 1 heterocycles. The van der Waals surface area contributed by atoms with Crippen LogP contribution >= 0.6 is 11.8 Å². The number of carbonyl (C=O) groups excluding carboxylic acids is 5. The minimum atomic E-state index is -1.53. The molecule has 0 unspecified atom stereocenters. The van der Waals surface area contributed by atoms with E-state index in [9.17, 15) is 19.2 Å². The van der Waals surface area contributed by atoms with Crippen LogP contribution in [0, 0.1) is 5.92 Å². The highest BCUT2D eigenvalue weighted by atomic mass is 32.2. The topological polar surface area (TPSA) is 162 Å². The maximum atomic E-state index is 15.3. The zero-order chi connectivity index (χ0) is 41.7. The summed E-state index contributed by atoms with van der Waals surface area (Å²) < 4.78 is 21.1. The molecular weight excluding hydrogens is 761 g/mol. The second-order valence-electron chi connectivity index (χ2n) is 13.6. The molecule has 4 aromatic rings. The van der Waals surface area contributed by atoms with Gasteiger partial charge in [0.1, 0.15) is 17.5 Å². The Hall–Kier alpha value is -6.28. The van der Waals surface area contributed by atoms with Crippen LogP contribution in [0.25, 0.3) is 0 Å². The third kappa shape index (κ3) is 11.2. The highest BCUT2D eigenvalue weighted by Crippen LogP contribution is 2.60. The van der Waals surface area contributed by atoms with E-state index in [2.05, 4.69) is 10.4 Å². The molecule has 5 atom stereocenters. The van der Waals surface area contributed by atoms with Crippen LogP contribution in [-0.2, 0) is 54.2 Å². The van der Waals surface area contributed by atoms with Crippen LogP contribution in [0.3, 0.4) is 0 Å². The smallest absolute Gasteiger partial charge is 0.303 e. The highest BCUT2D eigenvalue weighted by molar-refractivity contribution is 8.04. The summed E-state index contributed by atoms with van der Waals surface area (Å²) in [5, 5.41) is 13.3. The molecule has 1 N–H and O–H groups in total. The van der Waals surface area contributed by atoms with Gasteiger partial charge in [0.15, 0.2) is 12.2 Å². The van der Waals surface area contributed by atoms with Gasteiger partial charge in [-0.15, -0.1) is 0 Å². The van der Waals surface area contributed by atoms with Gasteiger partial charge in [0.25, 0.3) is 0 Å². The largest absolute Gasteiger partial charge is 0.462 e. The fourth-order valence-electron chi connectivity index (χ4n) is 6.73. The molecule has 302 valence electrons. The SMILES string of the molecule is CC(=O)OC[C@@H](OC(C)=O)[C@@H](OC(C)=O)[C@@H](C[C@H]1C(N=Nc2ccccc2)=C(N(C)Cc2ccccc2)S[C@]1(C(=O)Nc1ccccc1)c1ccccc1)OC(C)=O. The summed E-state index contributed by atoms with van der Waals surface area (Å²) in [6, 6.07) is 37.0. The zero-order valence-electron chi connectivity index (χ0n) is 32.9. The number of hydrogen-bond donors (Lipinski definition) is 1. The lowest BCUT2D eigenvalue weighted by molar-refractivity contribution is -0.190. The van der Waals surface area contributed by atoms with Crippen LogP contribution in [0.5, 0.6) is 0 Å². The number of anilines is 1. The second-order valence-corrected chi connectivity index (χ2v) is 14.8. The number of azo groups is 1. The number of para-hydroxylation sites is 1. The molecule has 4 aromatic carbocycles. The van der Waals surface area contributed by atoms with Crippen molar-refractivity contribution in [2.45, 2.75) is 63.7 Å². The Bertz CT molecular complexity index is 2100. The monoisotopic (exact) mass is 806 g/mol. The summed E-state index contributed by atoms with van der Waals surface area (Å²) in [4.78, 5) is 67.6. The molecule has 0 aliphatic carbocycles. The molecule has 0 spiro atoms. The van der Waals surface area contributed by atoms with Crippen LogP contribution in [0.2, 0.25) is 0 Å². The van der Waals surface area contributed by atoms with Crippen LogP contribution < -0.4 is 5.32 Å². The number of nitrogens with zero attached hydrogens (tertiary/aromatic N) is 3. The molecular formula is C44H46N4O9S. The van der Waals surface area contributed by atoms with Gasteiger partial charge < -0.3 is 29.2 Å². The Morgan fingerprint density at radius 3 is 1.79 bits per heavy atom. The van der Waals surface area contributed by atoms with Gasteiger partial charge in [-0.2, -0.15) is 10.2 Å². The van der Waals surface area contributed by atoms with E-state index < -0.39 is 65.4 Å². The number of nitrogens with one attached hydrogen (secondary N) is 1. The van der Waals surface area contributed by atoms with Crippen LogP contribution in [0.1, 0.15) is 45.2 Å². The standard InChI is InChI=1S/C44H46N4O9S/c1-29(49)54-28-39(56-31(3)51)41(57-32(4)52)38(55-30(2)50)26-37-40(47-46-36-24-16-9-17-25-36)42(48(5)27-33-18-10-6-11-19-33)58-44(37,34-20-12-7-13-21-34)43(53)45-35-22-14-8-15-23-35/h6-25,37-39,41H,26-28H2,1-5H3,(H,45,53)/t37-,38+,39+,41-,44+/m0/s1. The van der Waals surface area contributed by atoms with Crippen LogP contribution in [0.4, 0.5) is 11.4 Å². The van der Waals surface area contributed by atoms with E-state index in [0.717, 1.165) is 19.4 Å². The maximum absolute atomic E-state index is 15.3. The Balaban J connectivity index is 1.78. The average molecular weight is 807 g/mol. The van der Waals surface area contributed by atoms with Crippen molar-refractivity contribution >= 4 is 52.9 Å². The summed E-state index contributed by atoms with van der Waals surface area (Å²) in [6.45, 7) is 4.56. The Morgan fingerprint density at radius 1 is 0.690 bits per heavy atom. The average Bonchev–Trinajstić information content (AvgIpc) is 3.53. The number of ether oxygens (including phenoxy) is 4. The molecule has 58 heavy (non-hydrogen) atoms. The lowest BCUT2D eigenvalue weighted by atomic mass is 9.78. The van der Waals surface area contributed by atoms with Crippen LogP contribution in [-0.4, -0.2) is 66.7 Å². The molecule has 0 aromatic heterocycles. The predicted octanol–water partition coefficient (Wildman–Crippen LogP) is 7.72. The quantitative estimate of drug-likeness (QED) is 0.0632. The van der Waals surface area contributed by atoms with E-state index in [1.165, 1.54) is 25.6 Å². The number of carbonyl (C=O) groups is 5. The van der Waals surface area contributed by atoms with E-state index in [1.807, 2.05) is 96.9 Å². The molecule has 0 saturated heterocycles. The lowest BCUT2D eigenvalue weighted by Gasteiger charge is -2.38. The van der Waals surface area contributed by atoms with Gasteiger partial charge in [-0.3, -0.25) is 24.0 Å². The third-order valence-corrected chi connectivity index (χ3v) is 10.8. The highest BCUT2D eigenvalue weighted by Gasteiger charge is 2.58. The molecule has 0 radical (unpaired) electrons. The van der Waals surface area contributed by atoms with Gasteiger partial charge in [-0.25, -0.2) is 0 Å². The van der Waals surface area contributed by atoms with Crippen molar-refractivity contribution < 1.29 is 42.9 Å². The summed E-state index contributed by atoms with van der Waals surface area (Å²) in [7, 11) is 1.89. The molecule has 0 bridgehead atoms. The molecule has 1 amide bonds. The molecule has 13 nitrogen and oxygen atoms in total. The molecule has 5 rings (SSSR count). The molecule has 1 aliphatic rings. The van der Waals surface area contributed by atoms with E-state index in [-0.39, 0.29) is 6.42 Å². The van der Waals surface area contributed by atoms with Crippen molar-refractivity contribution in [2.75, 3.05) is 19.0 Å².